The molecule has 0 saturated carbocycles. The van der Waals surface area contributed by atoms with Crippen LogP contribution in [0.25, 0.3) is 6.08 Å². The third-order valence-corrected chi connectivity index (χ3v) is 6.94. The lowest BCUT2D eigenvalue weighted by molar-refractivity contribution is -0.384. The number of carbonyl (C=O) groups is 2. The lowest BCUT2D eigenvalue weighted by Gasteiger charge is -2.12. The maximum Gasteiger partial charge on any atom is 0.335 e. The molecule has 3 aromatic rings. The molecule has 9 nitrogen and oxygen atoms in total. The Morgan fingerprint density at radius 1 is 1.19 bits per heavy atom. The third kappa shape index (κ3) is 6.25. The van der Waals surface area contributed by atoms with Gasteiger partial charge < -0.3 is 9.84 Å². The van der Waals surface area contributed by atoms with Gasteiger partial charge >= 0.3 is 5.97 Å². The van der Waals surface area contributed by atoms with E-state index in [1.54, 1.807) is 41.3 Å². The Hall–Kier alpha value is -3.96. The van der Waals surface area contributed by atoms with E-state index < -0.39 is 10.9 Å². The molecule has 1 amide bonds. The van der Waals surface area contributed by atoms with E-state index in [1.165, 1.54) is 36.0 Å². The van der Waals surface area contributed by atoms with Crippen LogP contribution in [0, 0.1) is 10.1 Å². The smallest absolute Gasteiger partial charge is 0.335 e. The minimum atomic E-state index is -1.02. The molecule has 1 heterocycles. The van der Waals surface area contributed by atoms with E-state index in [1.807, 2.05) is 19.1 Å². The van der Waals surface area contributed by atoms with Crippen LogP contribution < -0.4 is 4.74 Å². The molecule has 1 fully saturated rings. The first-order chi connectivity index (χ1) is 17.7. The fourth-order valence-electron chi connectivity index (χ4n) is 3.46. The summed E-state index contributed by atoms with van der Waals surface area (Å²) in [4.78, 5) is 41.1. The van der Waals surface area contributed by atoms with Crippen LogP contribution in [0.1, 0.15) is 28.4 Å². The molecule has 188 valence electrons. The van der Waals surface area contributed by atoms with Crippen molar-refractivity contribution >= 4 is 62.2 Å². The number of hydrogen-bond acceptors (Lipinski definition) is 7. The highest BCUT2D eigenvalue weighted by Crippen LogP contribution is 2.35. The van der Waals surface area contributed by atoms with E-state index in [4.69, 9.17) is 9.84 Å². The number of halogens is 1. The Morgan fingerprint density at radius 2 is 1.95 bits per heavy atom. The number of nitro benzene ring substituents is 1. The van der Waals surface area contributed by atoms with E-state index in [0.29, 0.717) is 38.1 Å². The number of benzene rings is 3. The zero-order valence-electron chi connectivity index (χ0n) is 19.5. The highest BCUT2D eigenvalue weighted by molar-refractivity contribution is 9.10. The number of likely N-dealkylation sites (N-methyl/N-ethyl adjacent to an activating group) is 1. The summed E-state index contributed by atoms with van der Waals surface area (Å²) in [5.74, 6) is -0.631. The topological polar surface area (TPSA) is 122 Å². The summed E-state index contributed by atoms with van der Waals surface area (Å²) in [5.41, 5.74) is 2.16. The number of aromatic carboxylic acids is 1. The third-order valence-electron chi connectivity index (χ3n) is 5.31. The van der Waals surface area contributed by atoms with Gasteiger partial charge in [0.15, 0.2) is 5.17 Å². The van der Waals surface area contributed by atoms with E-state index in [-0.39, 0.29) is 23.8 Å². The largest absolute Gasteiger partial charge is 0.488 e. The van der Waals surface area contributed by atoms with Crippen molar-refractivity contribution in [3.05, 3.63) is 103 Å². The highest BCUT2D eigenvalue weighted by atomic mass is 79.9. The summed E-state index contributed by atoms with van der Waals surface area (Å²) in [5, 5.41) is 20.5. The van der Waals surface area contributed by atoms with Crippen LogP contribution >= 0.6 is 27.7 Å². The van der Waals surface area contributed by atoms with Crippen molar-refractivity contribution in [3.8, 4) is 5.75 Å². The molecule has 11 heteroatoms. The number of rotatable bonds is 8. The Morgan fingerprint density at radius 3 is 2.59 bits per heavy atom. The molecule has 4 rings (SSSR count). The number of non-ortho nitro benzene ring substituents is 1. The lowest BCUT2D eigenvalue weighted by Crippen LogP contribution is -2.28. The minimum Gasteiger partial charge on any atom is -0.488 e. The minimum absolute atomic E-state index is 0.00202. The SMILES string of the molecule is CCN1C(=O)/C(=C/c2ccc(OCc3cccc([N+](=O)[O-])c3)c(Br)c2)SC1=Nc1ccc(C(=O)O)cc1. The number of thioether (sulfide) groups is 1. The summed E-state index contributed by atoms with van der Waals surface area (Å²) < 4.78 is 6.49. The lowest BCUT2D eigenvalue weighted by atomic mass is 10.2. The molecular weight excluding hydrogens is 562 g/mol. The van der Waals surface area contributed by atoms with E-state index in [2.05, 4.69) is 20.9 Å². The van der Waals surface area contributed by atoms with Gasteiger partial charge in [0.1, 0.15) is 12.4 Å². The average molecular weight is 582 g/mol. The molecule has 1 saturated heterocycles. The van der Waals surface area contributed by atoms with Crippen molar-refractivity contribution in [1.82, 2.24) is 4.90 Å². The van der Waals surface area contributed by atoms with Crippen LogP contribution in [0.5, 0.6) is 5.75 Å². The monoisotopic (exact) mass is 581 g/mol. The first kappa shape index (κ1) is 26.1. The second kappa shape index (κ2) is 11.4. The number of carboxylic acids is 1. The number of amides is 1. The second-order valence-electron chi connectivity index (χ2n) is 7.81. The van der Waals surface area contributed by atoms with Crippen LogP contribution in [0.4, 0.5) is 11.4 Å². The van der Waals surface area contributed by atoms with Gasteiger partial charge in [0.25, 0.3) is 11.6 Å². The quantitative estimate of drug-likeness (QED) is 0.189. The van der Waals surface area contributed by atoms with Gasteiger partial charge in [0.2, 0.25) is 0 Å². The van der Waals surface area contributed by atoms with Gasteiger partial charge in [-0.3, -0.25) is 19.8 Å². The number of nitrogens with zero attached hydrogens (tertiary/aromatic N) is 3. The summed E-state index contributed by atoms with van der Waals surface area (Å²) in [6.45, 7) is 2.45. The second-order valence-corrected chi connectivity index (χ2v) is 9.68. The van der Waals surface area contributed by atoms with E-state index in [9.17, 15) is 19.7 Å². The van der Waals surface area contributed by atoms with Crippen molar-refractivity contribution in [1.29, 1.82) is 0 Å². The molecule has 0 spiro atoms. The number of carboxylic acid groups (broad SMARTS) is 1. The number of ether oxygens (including phenoxy) is 1. The van der Waals surface area contributed by atoms with Crippen molar-refractivity contribution in [2.45, 2.75) is 13.5 Å². The fraction of sp³-hybridized carbons (Fsp3) is 0.115. The summed E-state index contributed by atoms with van der Waals surface area (Å²) in [6, 6.07) is 17.8. The highest BCUT2D eigenvalue weighted by Gasteiger charge is 2.32. The normalized spacial score (nSPS) is 15.4. The van der Waals surface area contributed by atoms with E-state index >= 15 is 0 Å². The first-order valence-electron chi connectivity index (χ1n) is 11.0. The molecule has 0 aromatic heterocycles. The number of amidine groups is 1. The standard InChI is InChI=1S/C26H20BrN3O6S/c1-2-29-24(31)23(37-26(29)28-19-9-7-18(8-10-19)25(32)33)14-16-6-11-22(21(27)13-16)36-15-17-4-3-5-20(12-17)30(34)35/h3-14H,2,15H2,1H3,(H,32,33)/b23-14-,28-26?. The van der Waals surface area contributed by atoms with E-state index in [0.717, 1.165) is 5.56 Å². The molecule has 3 aromatic carbocycles. The Kier molecular flexibility index (Phi) is 8.04. The van der Waals surface area contributed by atoms with Crippen LogP contribution in [0.3, 0.4) is 0 Å². The van der Waals surface area contributed by atoms with Crippen molar-refractivity contribution in [2.24, 2.45) is 4.99 Å². The van der Waals surface area contributed by atoms with Gasteiger partial charge in [0.05, 0.1) is 25.6 Å². The van der Waals surface area contributed by atoms with Crippen molar-refractivity contribution in [3.63, 3.8) is 0 Å². The molecule has 37 heavy (non-hydrogen) atoms. The molecule has 0 radical (unpaired) electrons. The predicted octanol–water partition coefficient (Wildman–Crippen LogP) is 6.26. The van der Waals surface area contributed by atoms with Crippen LogP contribution in [-0.2, 0) is 11.4 Å². The first-order valence-corrected chi connectivity index (χ1v) is 12.6. The zero-order valence-corrected chi connectivity index (χ0v) is 21.9. The molecule has 0 unspecified atom stereocenters. The maximum absolute atomic E-state index is 13.0. The number of nitro groups is 1. The van der Waals surface area contributed by atoms with Gasteiger partial charge in [0, 0.05) is 18.7 Å². The Balaban J connectivity index is 1.49. The molecule has 0 atom stereocenters. The molecule has 0 bridgehead atoms. The van der Waals surface area contributed by atoms with Crippen molar-refractivity contribution in [2.75, 3.05) is 6.54 Å². The Labute approximate surface area is 224 Å². The summed E-state index contributed by atoms with van der Waals surface area (Å²) in [6.07, 6.45) is 1.76. The van der Waals surface area contributed by atoms with Crippen LogP contribution in [-0.4, -0.2) is 38.5 Å². The number of aliphatic imine (C=N–C) groups is 1. The van der Waals surface area contributed by atoms with Crippen molar-refractivity contribution < 1.29 is 24.4 Å². The van der Waals surface area contributed by atoms with Gasteiger partial charge in [-0.1, -0.05) is 18.2 Å². The van der Waals surface area contributed by atoms with Gasteiger partial charge in [-0.15, -0.1) is 0 Å². The molecule has 1 aliphatic rings. The maximum atomic E-state index is 13.0. The zero-order chi connectivity index (χ0) is 26.5. The van der Waals surface area contributed by atoms with Gasteiger partial charge in [-0.25, -0.2) is 9.79 Å². The number of hydrogen-bond donors (Lipinski definition) is 1. The number of carbonyl (C=O) groups excluding carboxylic acids is 1. The van der Waals surface area contributed by atoms with Crippen LogP contribution in [0.15, 0.2) is 81.1 Å². The summed E-state index contributed by atoms with van der Waals surface area (Å²) >= 11 is 4.73. The Bertz CT molecular complexity index is 1440. The summed E-state index contributed by atoms with van der Waals surface area (Å²) in [7, 11) is 0. The van der Waals surface area contributed by atoms with Gasteiger partial charge in [-0.2, -0.15) is 0 Å². The molecular formula is C26H20BrN3O6S. The molecule has 1 aliphatic heterocycles. The molecule has 1 N–H and O–H groups in total. The average Bonchev–Trinajstić information content (AvgIpc) is 3.17. The fourth-order valence-corrected chi connectivity index (χ4v) is 5.03. The van der Waals surface area contributed by atoms with Gasteiger partial charge in [-0.05, 0) is 88.2 Å². The molecule has 0 aliphatic carbocycles. The van der Waals surface area contributed by atoms with Crippen LogP contribution in [0.2, 0.25) is 0 Å². The predicted molar refractivity (Wildman–Crippen MR) is 145 cm³/mol.